The highest BCUT2D eigenvalue weighted by molar-refractivity contribution is 7.89. The number of hydrogen-bond donors (Lipinski definition) is 2. The standard InChI is InChI=1S/C13H16N2O5S/c1-9-2-3-10(13(17)18)8-11(9)21(19,20)15-6-4-12(16)14-5-7-15/h2-3,8H,4-7H2,1H3,(H,14,16)(H,17,18). The van der Waals surface area contributed by atoms with E-state index in [0.717, 1.165) is 6.07 Å². The summed E-state index contributed by atoms with van der Waals surface area (Å²) in [6.45, 7) is 2.12. The van der Waals surface area contributed by atoms with Crippen LogP contribution in [0.25, 0.3) is 0 Å². The molecule has 2 N–H and O–H groups in total. The van der Waals surface area contributed by atoms with Gasteiger partial charge in [-0.05, 0) is 24.6 Å². The van der Waals surface area contributed by atoms with Crippen molar-refractivity contribution in [2.24, 2.45) is 0 Å². The molecule has 0 atom stereocenters. The lowest BCUT2D eigenvalue weighted by molar-refractivity contribution is -0.120. The van der Waals surface area contributed by atoms with E-state index in [0.29, 0.717) is 5.56 Å². The van der Waals surface area contributed by atoms with Crippen LogP contribution < -0.4 is 5.32 Å². The highest BCUT2D eigenvalue weighted by Crippen LogP contribution is 2.22. The third kappa shape index (κ3) is 3.22. The normalized spacial score (nSPS) is 17.1. The Bertz CT molecular complexity index is 684. The highest BCUT2D eigenvalue weighted by atomic mass is 32.2. The van der Waals surface area contributed by atoms with Crippen molar-refractivity contribution in [2.45, 2.75) is 18.2 Å². The SMILES string of the molecule is Cc1ccc(C(=O)O)cc1S(=O)(=O)N1CCNC(=O)CC1. The summed E-state index contributed by atoms with van der Waals surface area (Å²) in [5.74, 6) is -1.37. The summed E-state index contributed by atoms with van der Waals surface area (Å²) in [5, 5.41) is 11.6. The van der Waals surface area contributed by atoms with Crippen LogP contribution in [0.15, 0.2) is 23.1 Å². The number of hydrogen-bond acceptors (Lipinski definition) is 4. The van der Waals surface area contributed by atoms with Gasteiger partial charge >= 0.3 is 5.97 Å². The van der Waals surface area contributed by atoms with E-state index in [1.807, 2.05) is 0 Å². The average Bonchev–Trinajstić information content (AvgIpc) is 2.64. The van der Waals surface area contributed by atoms with Crippen LogP contribution in [0.3, 0.4) is 0 Å². The average molecular weight is 312 g/mol. The van der Waals surface area contributed by atoms with Crippen LogP contribution in [0, 0.1) is 6.92 Å². The number of aryl methyl sites for hydroxylation is 1. The van der Waals surface area contributed by atoms with Crippen molar-refractivity contribution in [2.75, 3.05) is 19.6 Å². The number of aromatic carboxylic acids is 1. The molecule has 1 fully saturated rings. The molecule has 0 radical (unpaired) electrons. The molecule has 21 heavy (non-hydrogen) atoms. The Kier molecular flexibility index (Phi) is 4.29. The predicted octanol–water partition coefficient (Wildman–Crippen LogP) is 0.204. The zero-order valence-corrected chi connectivity index (χ0v) is 12.3. The number of carbonyl (C=O) groups excluding carboxylic acids is 1. The van der Waals surface area contributed by atoms with E-state index in [2.05, 4.69) is 5.32 Å². The Morgan fingerprint density at radius 1 is 1.33 bits per heavy atom. The summed E-state index contributed by atoms with van der Waals surface area (Å²) < 4.78 is 26.5. The van der Waals surface area contributed by atoms with Crippen molar-refractivity contribution >= 4 is 21.9 Å². The van der Waals surface area contributed by atoms with Gasteiger partial charge in [0.05, 0.1) is 10.5 Å². The fourth-order valence-corrected chi connectivity index (χ4v) is 3.83. The Morgan fingerprint density at radius 3 is 2.71 bits per heavy atom. The summed E-state index contributed by atoms with van der Waals surface area (Å²) >= 11 is 0. The number of nitrogens with zero attached hydrogens (tertiary/aromatic N) is 1. The van der Waals surface area contributed by atoms with Crippen LogP contribution >= 0.6 is 0 Å². The number of carbonyl (C=O) groups is 2. The zero-order chi connectivity index (χ0) is 15.6. The molecular formula is C13H16N2O5S. The number of benzene rings is 1. The molecule has 1 aromatic rings. The summed E-state index contributed by atoms with van der Waals surface area (Å²) in [7, 11) is -3.82. The highest BCUT2D eigenvalue weighted by Gasteiger charge is 2.28. The summed E-state index contributed by atoms with van der Waals surface area (Å²) in [6.07, 6.45) is 0.0941. The molecule has 1 heterocycles. The number of sulfonamides is 1. The number of carboxylic acid groups (broad SMARTS) is 1. The predicted molar refractivity (Wildman–Crippen MR) is 74.5 cm³/mol. The van der Waals surface area contributed by atoms with Crippen LogP contribution in [0.1, 0.15) is 22.3 Å². The van der Waals surface area contributed by atoms with Gasteiger partial charge in [-0.3, -0.25) is 4.79 Å². The minimum absolute atomic E-state index is 0.0308. The van der Waals surface area contributed by atoms with Gasteiger partial charge in [0.2, 0.25) is 15.9 Å². The molecule has 2 rings (SSSR count). The number of nitrogens with one attached hydrogen (secondary N) is 1. The molecule has 0 unspecified atom stereocenters. The zero-order valence-electron chi connectivity index (χ0n) is 11.5. The van der Waals surface area contributed by atoms with Crippen LogP contribution in [0.4, 0.5) is 0 Å². The van der Waals surface area contributed by atoms with Crippen molar-refractivity contribution in [3.05, 3.63) is 29.3 Å². The lowest BCUT2D eigenvalue weighted by Crippen LogP contribution is -2.34. The van der Waals surface area contributed by atoms with Gasteiger partial charge in [-0.25, -0.2) is 13.2 Å². The number of rotatable bonds is 3. The maximum absolute atomic E-state index is 12.6. The van der Waals surface area contributed by atoms with Crippen molar-refractivity contribution in [1.82, 2.24) is 9.62 Å². The lowest BCUT2D eigenvalue weighted by atomic mass is 10.1. The maximum Gasteiger partial charge on any atom is 0.335 e. The van der Waals surface area contributed by atoms with Gasteiger partial charge in [0.1, 0.15) is 0 Å². The molecule has 0 bridgehead atoms. The maximum atomic E-state index is 12.6. The van der Waals surface area contributed by atoms with Gasteiger partial charge in [0, 0.05) is 26.1 Å². The van der Waals surface area contributed by atoms with E-state index in [1.54, 1.807) is 6.92 Å². The quantitative estimate of drug-likeness (QED) is 0.830. The molecule has 1 aliphatic heterocycles. The van der Waals surface area contributed by atoms with Gasteiger partial charge in [0.15, 0.2) is 0 Å². The fraction of sp³-hybridized carbons (Fsp3) is 0.385. The summed E-state index contributed by atoms with van der Waals surface area (Å²) in [5.41, 5.74) is 0.395. The second-order valence-corrected chi connectivity index (χ2v) is 6.70. The first-order valence-corrected chi connectivity index (χ1v) is 7.87. The van der Waals surface area contributed by atoms with E-state index < -0.39 is 16.0 Å². The van der Waals surface area contributed by atoms with Crippen molar-refractivity contribution in [3.63, 3.8) is 0 Å². The van der Waals surface area contributed by atoms with Gasteiger partial charge in [-0.2, -0.15) is 4.31 Å². The number of carboxylic acids is 1. The van der Waals surface area contributed by atoms with E-state index >= 15 is 0 Å². The molecular weight excluding hydrogens is 296 g/mol. The molecule has 0 spiro atoms. The fourth-order valence-electron chi connectivity index (χ4n) is 2.14. The molecule has 114 valence electrons. The molecule has 1 aliphatic rings. The molecule has 8 heteroatoms. The molecule has 7 nitrogen and oxygen atoms in total. The van der Waals surface area contributed by atoms with Gasteiger partial charge < -0.3 is 10.4 Å². The van der Waals surface area contributed by atoms with Gasteiger partial charge in [-0.1, -0.05) is 6.07 Å². The van der Waals surface area contributed by atoms with Gasteiger partial charge in [0.25, 0.3) is 0 Å². The Hall–Kier alpha value is -1.93. The molecule has 0 aliphatic carbocycles. The minimum atomic E-state index is -3.82. The monoisotopic (exact) mass is 312 g/mol. The Balaban J connectivity index is 2.41. The van der Waals surface area contributed by atoms with Crippen molar-refractivity contribution < 1.29 is 23.1 Å². The molecule has 0 saturated carbocycles. The third-order valence-electron chi connectivity index (χ3n) is 3.32. The van der Waals surface area contributed by atoms with E-state index in [9.17, 15) is 18.0 Å². The van der Waals surface area contributed by atoms with Crippen molar-refractivity contribution in [1.29, 1.82) is 0 Å². The summed E-state index contributed by atoms with van der Waals surface area (Å²) in [4.78, 5) is 22.3. The first-order chi connectivity index (χ1) is 9.82. The Labute approximate surface area is 122 Å². The minimum Gasteiger partial charge on any atom is -0.478 e. The number of amides is 1. The third-order valence-corrected chi connectivity index (χ3v) is 5.37. The first kappa shape index (κ1) is 15.5. The van der Waals surface area contributed by atoms with Crippen molar-refractivity contribution in [3.8, 4) is 0 Å². The van der Waals surface area contributed by atoms with Crippen LogP contribution in [-0.4, -0.2) is 49.3 Å². The van der Waals surface area contributed by atoms with Crippen LogP contribution in [0.2, 0.25) is 0 Å². The van der Waals surface area contributed by atoms with E-state index in [4.69, 9.17) is 5.11 Å². The molecule has 1 saturated heterocycles. The molecule has 0 aromatic heterocycles. The summed E-state index contributed by atoms with van der Waals surface area (Å²) in [6, 6.07) is 3.99. The van der Waals surface area contributed by atoms with Crippen LogP contribution in [0.5, 0.6) is 0 Å². The van der Waals surface area contributed by atoms with E-state index in [-0.39, 0.29) is 42.4 Å². The first-order valence-electron chi connectivity index (χ1n) is 6.43. The van der Waals surface area contributed by atoms with Gasteiger partial charge in [-0.15, -0.1) is 0 Å². The smallest absolute Gasteiger partial charge is 0.335 e. The lowest BCUT2D eigenvalue weighted by Gasteiger charge is -2.20. The second-order valence-electron chi connectivity index (χ2n) is 4.79. The Morgan fingerprint density at radius 2 is 2.05 bits per heavy atom. The van der Waals surface area contributed by atoms with E-state index in [1.165, 1.54) is 16.4 Å². The largest absolute Gasteiger partial charge is 0.478 e. The molecule has 1 aromatic carbocycles. The molecule has 1 amide bonds. The van der Waals surface area contributed by atoms with Crippen LogP contribution in [-0.2, 0) is 14.8 Å². The second kappa shape index (κ2) is 5.82. The topological polar surface area (TPSA) is 104 Å².